The topological polar surface area (TPSA) is 55.4 Å². The number of esters is 1. The number of carbonyl (C=O) groups excluding carboxylic acids is 2. The monoisotopic (exact) mass is 421 g/mol. The molecule has 0 fully saturated rings. The number of ether oxygens (including phenoxy) is 1. The first-order valence-corrected chi connectivity index (χ1v) is 10.6. The average Bonchev–Trinajstić information content (AvgIpc) is 2.74. The molecule has 1 aliphatic heterocycles. The molecule has 0 radical (unpaired) electrons. The van der Waals surface area contributed by atoms with Gasteiger partial charge in [-0.2, -0.15) is 0 Å². The summed E-state index contributed by atoms with van der Waals surface area (Å²) in [6, 6.07) is 17.4. The molecular formula is C25H24ClNO3. The molecule has 30 heavy (non-hydrogen) atoms. The molecule has 2 aliphatic rings. The molecule has 0 aromatic heterocycles. The normalized spacial score (nSPS) is 21.2. The number of ketones is 1. The number of Topliss-reactive ketones (excluding diaryl/α,β-unsaturated/α-hetero) is 1. The highest BCUT2D eigenvalue weighted by molar-refractivity contribution is 6.30. The van der Waals surface area contributed by atoms with Gasteiger partial charge in [0, 0.05) is 34.3 Å². The number of benzene rings is 2. The maximum Gasteiger partial charge on any atom is 0.336 e. The van der Waals surface area contributed by atoms with Crippen molar-refractivity contribution in [1.29, 1.82) is 0 Å². The van der Waals surface area contributed by atoms with E-state index in [-0.39, 0.29) is 18.3 Å². The summed E-state index contributed by atoms with van der Waals surface area (Å²) < 4.78 is 5.34. The van der Waals surface area contributed by atoms with E-state index in [1.54, 1.807) is 19.1 Å². The zero-order valence-corrected chi connectivity index (χ0v) is 17.8. The van der Waals surface area contributed by atoms with Crippen LogP contribution in [0.3, 0.4) is 0 Å². The van der Waals surface area contributed by atoms with E-state index in [9.17, 15) is 9.59 Å². The number of dihydropyridines is 1. The summed E-state index contributed by atoms with van der Waals surface area (Å²) in [7, 11) is 0. The summed E-state index contributed by atoms with van der Waals surface area (Å²) in [6.07, 6.45) is 1.15. The highest BCUT2D eigenvalue weighted by Crippen LogP contribution is 2.45. The van der Waals surface area contributed by atoms with Crippen LogP contribution in [0.4, 0.5) is 0 Å². The Morgan fingerprint density at radius 2 is 1.77 bits per heavy atom. The van der Waals surface area contributed by atoms with Gasteiger partial charge in [0.2, 0.25) is 0 Å². The van der Waals surface area contributed by atoms with Crippen molar-refractivity contribution in [3.05, 3.63) is 93.3 Å². The maximum absolute atomic E-state index is 13.4. The molecule has 1 aliphatic carbocycles. The molecule has 154 valence electrons. The predicted octanol–water partition coefficient (Wildman–Crippen LogP) is 5.26. The van der Waals surface area contributed by atoms with Gasteiger partial charge in [-0.25, -0.2) is 4.79 Å². The van der Waals surface area contributed by atoms with Gasteiger partial charge in [0.1, 0.15) is 0 Å². The molecule has 0 saturated heterocycles. The molecule has 2 atom stereocenters. The Labute approximate surface area is 181 Å². The third kappa shape index (κ3) is 3.80. The number of hydrogen-bond donors (Lipinski definition) is 1. The van der Waals surface area contributed by atoms with Gasteiger partial charge in [0.25, 0.3) is 0 Å². The van der Waals surface area contributed by atoms with E-state index >= 15 is 0 Å². The van der Waals surface area contributed by atoms with E-state index in [0.29, 0.717) is 22.6 Å². The second kappa shape index (κ2) is 8.49. The second-order valence-corrected chi connectivity index (χ2v) is 8.14. The average molecular weight is 422 g/mol. The fourth-order valence-electron chi connectivity index (χ4n) is 4.47. The van der Waals surface area contributed by atoms with Crippen LogP contribution < -0.4 is 5.32 Å². The van der Waals surface area contributed by atoms with Crippen LogP contribution in [0, 0.1) is 0 Å². The molecule has 5 heteroatoms. The quantitative estimate of drug-likeness (QED) is 0.683. The van der Waals surface area contributed by atoms with Crippen molar-refractivity contribution in [2.45, 2.75) is 38.5 Å². The fourth-order valence-corrected chi connectivity index (χ4v) is 4.59. The lowest BCUT2D eigenvalue weighted by Gasteiger charge is -2.36. The van der Waals surface area contributed by atoms with Crippen LogP contribution in [-0.2, 0) is 14.3 Å². The van der Waals surface area contributed by atoms with Crippen LogP contribution in [-0.4, -0.2) is 18.4 Å². The summed E-state index contributed by atoms with van der Waals surface area (Å²) in [4.78, 5) is 26.2. The Kier molecular flexibility index (Phi) is 5.78. The number of halogens is 1. The van der Waals surface area contributed by atoms with Gasteiger partial charge in [-0.3, -0.25) is 4.79 Å². The molecule has 2 aromatic rings. The summed E-state index contributed by atoms with van der Waals surface area (Å²) in [5.74, 6) is -0.673. The Morgan fingerprint density at radius 3 is 2.43 bits per heavy atom. The third-order valence-corrected chi connectivity index (χ3v) is 6.05. The smallest absolute Gasteiger partial charge is 0.336 e. The van der Waals surface area contributed by atoms with Crippen molar-refractivity contribution >= 4 is 23.4 Å². The van der Waals surface area contributed by atoms with Gasteiger partial charge in [0.05, 0.1) is 12.2 Å². The van der Waals surface area contributed by atoms with E-state index < -0.39 is 11.9 Å². The van der Waals surface area contributed by atoms with Crippen molar-refractivity contribution in [3.63, 3.8) is 0 Å². The molecule has 2 aromatic carbocycles. The molecule has 0 spiro atoms. The van der Waals surface area contributed by atoms with Crippen LogP contribution in [0.5, 0.6) is 0 Å². The molecule has 0 saturated carbocycles. The number of nitrogens with one attached hydrogen (secondary N) is 1. The minimum absolute atomic E-state index is 0.0619. The molecule has 0 amide bonds. The number of carbonyl (C=O) groups is 2. The van der Waals surface area contributed by atoms with Crippen molar-refractivity contribution < 1.29 is 14.3 Å². The number of rotatable bonds is 4. The third-order valence-electron chi connectivity index (χ3n) is 5.80. The van der Waals surface area contributed by atoms with Crippen LogP contribution in [0.15, 0.2) is 77.1 Å². The van der Waals surface area contributed by atoms with Crippen LogP contribution >= 0.6 is 11.6 Å². The van der Waals surface area contributed by atoms with Crippen molar-refractivity contribution in [2.24, 2.45) is 0 Å². The Morgan fingerprint density at radius 1 is 1.07 bits per heavy atom. The Bertz CT molecular complexity index is 1040. The van der Waals surface area contributed by atoms with Gasteiger partial charge in [-0.15, -0.1) is 0 Å². The molecule has 4 rings (SSSR count). The van der Waals surface area contributed by atoms with Crippen molar-refractivity contribution in [2.75, 3.05) is 6.61 Å². The predicted molar refractivity (Wildman–Crippen MR) is 117 cm³/mol. The summed E-state index contributed by atoms with van der Waals surface area (Å²) in [6.45, 7) is 3.93. The zero-order chi connectivity index (χ0) is 21.3. The second-order valence-electron chi connectivity index (χ2n) is 7.70. The van der Waals surface area contributed by atoms with Crippen LogP contribution in [0.2, 0.25) is 5.02 Å². The fraction of sp³-hybridized carbons (Fsp3) is 0.280. The van der Waals surface area contributed by atoms with E-state index in [2.05, 4.69) is 17.4 Å². The molecule has 0 unspecified atom stereocenters. The number of allylic oxidation sites excluding steroid dienone is 3. The van der Waals surface area contributed by atoms with E-state index in [1.165, 1.54) is 0 Å². The Balaban J connectivity index is 1.80. The van der Waals surface area contributed by atoms with E-state index in [1.807, 2.05) is 37.3 Å². The van der Waals surface area contributed by atoms with Crippen molar-refractivity contribution in [1.82, 2.24) is 5.32 Å². The summed E-state index contributed by atoms with van der Waals surface area (Å²) >= 11 is 6.09. The SMILES string of the molecule is CCOC(=O)C1=C(C)NC2=C(C(=O)C[C@H](c3ccccc3)C2)[C@H]1c1ccc(Cl)cc1. The minimum atomic E-state index is -0.457. The van der Waals surface area contributed by atoms with Crippen LogP contribution in [0.25, 0.3) is 0 Å². The number of hydrogen-bond acceptors (Lipinski definition) is 4. The lowest BCUT2D eigenvalue weighted by molar-refractivity contribution is -0.138. The highest BCUT2D eigenvalue weighted by atomic mass is 35.5. The van der Waals surface area contributed by atoms with Gasteiger partial charge >= 0.3 is 5.97 Å². The summed E-state index contributed by atoms with van der Waals surface area (Å²) in [5.41, 5.74) is 4.80. The molecule has 1 N–H and O–H groups in total. The molecule has 0 bridgehead atoms. The largest absolute Gasteiger partial charge is 0.463 e. The molecular weight excluding hydrogens is 398 g/mol. The van der Waals surface area contributed by atoms with Gasteiger partial charge in [-0.05, 0) is 49.4 Å². The van der Waals surface area contributed by atoms with Gasteiger partial charge in [-0.1, -0.05) is 54.1 Å². The van der Waals surface area contributed by atoms with E-state index in [4.69, 9.17) is 16.3 Å². The lowest BCUT2D eigenvalue weighted by Crippen LogP contribution is -2.36. The van der Waals surface area contributed by atoms with E-state index in [0.717, 1.165) is 28.9 Å². The van der Waals surface area contributed by atoms with Crippen molar-refractivity contribution in [3.8, 4) is 0 Å². The zero-order valence-electron chi connectivity index (χ0n) is 17.1. The molecule has 1 heterocycles. The van der Waals surface area contributed by atoms with Gasteiger partial charge in [0.15, 0.2) is 5.78 Å². The standard InChI is InChI=1S/C25H24ClNO3/c1-3-30-25(29)22-15(2)27-20-13-18(16-7-5-4-6-8-16)14-21(28)24(20)23(22)17-9-11-19(26)12-10-17/h4-12,18,23,27H,3,13-14H2,1-2H3/t18-,23+/m1/s1. The first-order chi connectivity index (χ1) is 14.5. The van der Waals surface area contributed by atoms with Crippen LogP contribution in [0.1, 0.15) is 49.7 Å². The maximum atomic E-state index is 13.4. The highest BCUT2D eigenvalue weighted by Gasteiger charge is 2.41. The first kappa shape index (κ1) is 20.4. The minimum Gasteiger partial charge on any atom is -0.463 e. The summed E-state index contributed by atoms with van der Waals surface area (Å²) in [5, 5.41) is 3.97. The van der Waals surface area contributed by atoms with Gasteiger partial charge < -0.3 is 10.1 Å². The first-order valence-electron chi connectivity index (χ1n) is 10.2. The lowest BCUT2D eigenvalue weighted by atomic mass is 9.72. The molecule has 4 nitrogen and oxygen atoms in total. The Hall–Kier alpha value is -2.85.